The molecule has 130 valence electrons. The Morgan fingerprint density at radius 2 is 2.00 bits per heavy atom. The number of methoxy groups -OCH3 is 2. The van der Waals surface area contributed by atoms with Crippen LogP contribution in [0.2, 0.25) is 10.0 Å². The molecule has 0 saturated heterocycles. The summed E-state index contributed by atoms with van der Waals surface area (Å²) in [7, 11) is 3.06. The molecule has 0 bridgehead atoms. The normalized spacial score (nSPS) is 10.9. The molecule has 0 aliphatic carbocycles. The van der Waals surface area contributed by atoms with E-state index in [1.54, 1.807) is 42.0 Å². The van der Waals surface area contributed by atoms with Crippen molar-refractivity contribution in [2.45, 2.75) is 5.16 Å². The van der Waals surface area contributed by atoms with Crippen molar-refractivity contribution < 1.29 is 14.3 Å². The second-order valence-corrected chi connectivity index (χ2v) is 6.75. The van der Waals surface area contributed by atoms with Crippen LogP contribution in [0.4, 0.5) is 0 Å². The lowest BCUT2D eigenvalue weighted by molar-refractivity contribution is 0.101. The number of halogens is 2. The highest BCUT2D eigenvalue weighted by molar-refractivity contribution is 7.99. The molecule has 3 rings (SSSR count). The highest BCUT2D eigenvalue weighted by atomic mass is 35.5. The van der Waals surface area contributed by atoms with Crippen LogP contribution in [0.25, 0.3) is 5.65 Å². The van der Waals surface area contributed by atoms with Gasteiger partial charge < -0.3 is 9.47 Å². The minimum atomic E-state index is -0.120. The predicted molar refractivity (Wildman–Crippen MR) is 97.6 cm³/mol. The fraction of sp³-hybridized carbons (Fsp3) is 0.188. The Kier molecular flexibility index (Phi) is 5.36. The molecule has 0 unspecified atom stereocenters. The lowest BCUT2D eigenvalue weighted by atomic mass is 10.1. The number of carbonyl (C=O) groups is 1. The van der Waals surface area contributed by atoms with E-state index in [0.717, 1.165) is 0 Å². The fourth-order valence-electron chi connectivity index (χ4n) is 2.24. The summed E-state index contributed by atoms with van der Waals surface area (Å²) in [5.74, 6) is 1.10. The number of aromatic nitrogens is 3. The van der Waals surface area contributed by atoms with E-state index in [-0.39, 0.29) is 11.5 Å². The van der Waals surface area contributed by atoms with Crippen LogP contribution in [-0.4, -0.2) is 40.4 Å². The van der Waals surface area contributed by atoms with Crippen LogP contribution in [-0.2, 0) is 0 Å². The van der Waals surface area contributed by atoms with E-state index in [1.807, 2.05) is 0 Å². The molecular weight excluding hydrogens is 385 g/mol. The zero-order valence-corrected chi connectivity index (χ0v) is 15.7. The number of Topliss-reactive ketones (excluding diaryl/α,β-unsaturated/α-hetero) is 1. The van der Waals surface area contributed by atoms with Gasteiger partial charge >= 0.3 is 0 Å². The van der Waals surface area contributed by atoms with E-state index in [0.29, 0.717) is 37.9 Å². The van der Waals surface area contributed by atoms with Crippen molar-refractivity contribution in [1.82, 2.24) is 14.6 Å². The largest absolute Gasteiger partial charge is 0.497 e. The Labute approximate surface area is 158 Å². The first-order valence-electron chi connectivity index (χ1n) is 7.11. The van der Waals surface area contributed by atoms with Gasteiger partial charge in [-0.2, -0.15) is 0 Å². The number of nitrogens with zero attached hydrogens (tertiary/aromatic N) is 3. The molecular formula is C16H13Cl2N3O3S. The zero-order chi connectivity index (χ0) is 18.0. The molecule has 0 amide bonds. The number of hydrogen-bond acceptors (Lipinski definition) is 6. The van der Waals surface area contributed by atoms with E-state index in [9.17, 15) is 4.79 Å². The second kappa shape index (κ2) is 7.51. The van der Waals surface area contributed by atoms with Crippen LogP contribution < -0.4 is 9.47 Å². The Hall–Kier alpha value is -1.96. The average molecular weight is 398 g/mol. The van der Waals surface area contributed by atoms with Gasteiger partial charge in [0.1, 0.15) is 11.5 Å². The number of ketones is 1. The summed E-state index contributed by atoms with van der Waals surface area (Å²) < 4.78 is 12.1. The first-order chi connectivity index (χ1) is 12.0. The number of pyridine rings is 1. The molecule has 2 heterocycles. The minimum absolute atomic E-state index is 0.120. The lowest BCUT2D eigenvalue weighted by Crippen LogP contribution is -2.06. The third-order valence-electron chi connectivity index (χ3n) is 3.43. The molecule has 6 nitrogen and oxygen atoms in total. The van der Waals surface area contributed by atoms with Crippen molar-refractivity contribution >= 4 is 46.4 Å². The van der Waals surface area contributed by atoms with Crippen molar-refractivity contribution in [3.05, 3.63) is 46.1 Å². The van der Waals surface area contributed by atoms with Crippen molar-refractivity contribution in [2.75, 3.05) is 20.0 Å². The van der Waals surface area contributed by atoms with Crippen molar-refractivity contribution in [3.8, 4) is 11.5 Å². The van der Waals surface area contributed by atoms with Gasteiger partial charge in [0.15, 0.2) is 16.6 Å². The summed E-state index contributed by atoms with van der Waals surface area (Å²) >= 11 is 13.3. The van der Waals surface area contributed by atoms with Crippen LogP contribution in [0.5, 0.6) is 11.5 Å². The fourth-order valence-corrected chi connectivity index (χ4v) is 3.54. The van der Waals surface area contributed by atoms with Crippen LogP contribution in [0.15, 0.2) is 35.6 Å². The van der Waals surface area contributed by atoms with E-state index in [4.69, 9.17) is 32.7 Å². The van der Waals surface area contributed by atoms with E-state index in [2.05, 4.69) is 10.2 Å². The summed E-state index contributed by atoms with van der Waals surface area (Å²) in [6.07, 6.45) is 1.65. The van der Waals surface area contributed by atoms with Gasteiger partial charge in [0, 0.05) is 6.20 Å². The standard InChI is InChI=1S/C16H13Cl2N3O3S/c1-23-10-3-4-14(24-2)11(6-10)13(22)8-25-16-20-19-15-12(18)5-9(17)7-21(15)16/h3-7H,8H2,1-2H3. The Morgan fingerprint density at radius 1 is 1.20 bits per heavy atom. The van der Waals surface area contributed by atoms with Crippen LogP contribution in [0.3, 0.4) is 0 Å². The number of thioether (sulfide) groups is 1. The molecule has 2 aromatic heterocycles. The molecule has 0 atom stereocenters. The number of hydrogen-bond donors (Lipinski definition) is 0. The van der Waals surface area contributed by atoms with E-state index in [1.165, 1.54) is 18.9 Å². The summed E-state index contributed by atoms with van der Waals surface area (Å²) in [5.41, 5.74) is 0.930. The Morgan fingerprint density at radius 3 is 2.72 bits per heavy atom. The van der Waals surface area contributed by atoms with Gasteiger partial charge in [-0.3, -0.25) is 9.20 Å². The quantitative estimate of drug-likeness (QED) is 0.462. The number of fused-ring (bicyclic) bond motifs is 1. The van der Waals surface area contributed by atoms with Gasteiger partial charge in [-0.25, -0.2) is 0 Å². The maximum atomic E-state index is 12.6. The summed E-state index contributed by atoms with van der Waals surface area (Å²) in [6.45, 7) is 0. The van der Waals surface area contributed by atoms with Crippen LogP contribution >= 0.6 is 35.0 Å². The molecule has 0 saturated carbocycles. The number of benzene rings is 1. The van der Waals surface area contributed by atoms with Crippen LogP contribution in [0, 0.1) is 0 Å². The van der Waals surface area contributed by atoms with Gasteiger partial charge in [-0.15, -0.1) is 10.2 Å². The maximum absolute atomic E-state index is 12.6. The summed E-state index contributed by atoms with van der Waals surface area (Å²) in [4.78, 5) is 12.6. The number of ether oxygens (including phenoxy) is 2. The molecule has 25 heavy (non-hydrogen) atoms. The topological polar surface area (TPSA) is 65.7 Å². The molecule has 0 aliphatic rings. The summed E-state index contributed by atoms with van der Waals surface area (Å²) in [6, 6.07) is 6.67. The molecule has 0 aliphatic heterocycles. The third-order valence-corrected chi connectivity index (χ3v) is 4.86. The first-order valence-corrected chi connectivity index (χ1v) is 8.85. The average Bonchev–Trinajstić information content (AvgIpc) is 3.02. The second-order valence-electron chi connectivity index (χ2n) is 4.96. The third kappa shape index (κ3) is 3.68. The van der Waals surface area contributed by atoms with Gasteiger partial charge in [0.25, 0.3) is 0 Å². The Balaban J connectivity index is 1.84. The minimum Gasteiger partial charge on any atom is -0.497 e. The van der Waals surface area contributed by atoms with Crippen LogP contribution in [0.1, 0.15) is 10.4 Å². The van der Waals surface area contributed by atoms with E-state index >= 15 is 0 Å². The lowest BCUT2D eigenvalue weighted by Gasteiger charge is -2.09. The molecule has 1 aromatic carbocycles. The number of rotatable bonds is 6. The molecule has 0 N–H and O–H groups in total. The van der Waals surface area contributed by atoms with Crippen molar-refractivity contribution in [3.63, 3.8) is 0 Å². The van der Waals surface area contributed by atoms with E-state index < -0.39 is 0 Å². The van der Waals surface area contributed by atoms with Gasteiger partial charge in [0.2, 0.25) is 0 Å². The predicted octanol–water partition coefficient (Wildman–Crippen LogP) is 4.03. The highest BCUT2D eigenvalue weighted by Crippen LogP contribution is 2.28. The number of carbonyl (C=O) groups excluding carboxylic acids is 1. The first kappa shape index (κ1) is 17.8. The van der Waals surface area contributed by atoms with Crippen molar-refractivity contribution in [1.29, 1.82) is 0 Å². The SMILES string of the molecule is COc1ccc(OC)c(C(=O)CSc2nnc3c(Cl)cc(Cl)cn23)c1. The highest BCUT2D eigenvalue weighted by Gasteiger charge is 2.17. The molecule has 3 aromatic rings. The molecule has 9 heteroatoms. The van der Waals surface area contributed by atoms with Gasteiger partial charge in [-0.1, -0.05) is 35.0 Å². The summed E-state index contributed by atoms with van der Waals surface area (Å²) in [5, 5.41) is 9.46. The monoisotopic (exact) mass is 397 g/mol. The maximum Gasteiger partial charge on any atom is 0.196 e. The molecule has 0 radical (unpaired) electrons. The van der Waals surface area contributed by atoms with Gasteiger partial charge in [-0.05, 0) is 24.3 Å². The van der Waals surface area contributed by atoms with Crippen molar-refractivity contribution in [2.24, 2.45) is 0 Å². The Bertz CT molecular complexity index is 946. The smallest absolute Gasteiger partial charge is 0.196 e. The van der Waals surface area contributed by atoms with Gasteiger partial charge in [0.05, 0.1) is 35.6 Å². The molecule has 0 fully saturated rings. The zero-order valence-electron chi connectivity index (χ0n) is 13.3. The molecule has 0 spiro atoms.